The van der Waals surface area contributed by atoms with Gasteiger partial charge in [-0.2, -0.15) is 0 Å². The molecule has 1 aliphatic carbocycles. The molecule has 1 fully saturated rings. The van der Waals surface area contributed by atoms with Gasteiger partial charge in [0.05, 0.1) is 5.60 Å². The fraction of sp³-hybridized carbons (Fsp3) is 1.00. The van der Waals surface area contributed by atoms with Gasteiger partial charge in [0.2, 0.25) is 0 Å². The minimum atomic E-state index is -0.0121. The first-order valence-electron chi connectivity index (χ1n) is 6.76. The molecule has 0 amide bonds. The van der Waals surface area contributed by atoms with Crippen LogP contribution in [-0.2, 0) is 4.74 Å². The van der Waals surface area contributed by atoms with Gasteiger partial charge in [-0.15, -0.1) is 0 Å². The fourth-order valence-electron chi connectivity index (χ4n) is 2.92. The quantitative estimate of drug-likeness (QED) is 0.751. The molecule has 2 nitrogen and oxygen atoms in total. The first-order valence-corrected chi connectivity index (χ1v) is 6.76. The highest BCUT2D eigenvalue weighted by Crippen LogP contribution is 2.28. The number of rotatable bonds is 6. The van der Waals surface area contributed by atoms with Crippen molar-refractivity contribution in [2.45, 2.75) is 77.5 Å². The van der Waals surface area contributed by atoms with Crippen molar-refractivity contribution in [3.05, 3.63) is 0 Å². The second-order valence-corrected chi connectivity index (χ2v) is 6.07. The summed E-state index contributed by atoms with van der Waals surface area (Å²) in [5.41, 5.74) is -0.0121. The molecule has 2 heteroatoms. The predicted octanol–water partition coefficient (Wildman–Crippen LogP) is 3.36. The van der Waals surface area contributed by atoms with Crippen LogP contribution < -0.4 is 5.32 Å². The van der Waals surface area contributed by atoms with Crippen LogP contribution in [0.2, 0.25) is 0 Å². The molecule has 1 unspecified atom stereocenters. The molecule has 1 rings (SSSR count). The lowest BCUT2D eigenvalue weighted by Crippen LogP contribution is -2.42. The van der Waals surface area contributed by atoms with Crippen LogP contribution in [0.5, 0.6) is 0 Å². The van der Waals surface area contributed by atoms with E-state index in [2.05, 4.69) is 33.0 Å². The van der Waals surface area contributed by atoms with Crippen molar-refractivity contribution in [1.29, 1.82) is 0 Å². The van der Waals surface area contributed by atoms with Crippen LogP contribution in [0.25, 0.3) is 0 Å². The summed E-state index contributed by atoms with van der Waals surface area (Å²) in [4.78, 5) is 0. The Kier molecular flexibility index (Phi) is 5.26. The fourth-order valence-corrected chi connectivity index (χ4v) is 2.92. The van der Waals surface area contributed by atoms with Crippen molar-refractivity contribution in [1.82, 2.24) is 5.32 Å². The Morgan fingerprint density at radius 2 is 1.81 bits per heavy atom. The molecule has 16 heavy (non-hydrogen) atoms. The highest BCUT2D eigenvalue weighted by molar-refractivity contribution is 4.82. The van der Waals surface area contributed by atoms with E-state index in [1.54, 1.807) is 7.11 Å². The van der Waals surface area contributed by atoms with E-state index in [1.165, 1.54) is 25.7 Å². The highest BCUT2D eigenvalue weighted by Gasteiger charge is 2.25. The van der Waals surface area contributed by atoms with Gasteiger partial charge >= 0.3 is 0 Å². The molecule has 0 saturated heterocycles. The van der Waals surface area contributed by atoms with E-state index < -0.39 is 0 Å². The smallest absolute Gasteiger partial charge is 0.0637 e. The average molecular weight is 227 g/mol. The summed E-state index contributed by atoms with van der Waals surface area (Å²) >= 11 is 0. The van der Waals surface area contributed by atoms with E-state index in [1.807, 2.05) is 0 Å². The third-order valence-electron chi connectivity index (χ3n) is 4.00. The lowest BCUT2D eigenvalue weighted by molar-refractivity contribution is 0.00727. The molecule has 96 valence electrons. The standard InChI is InChI=1S/C14H29NO/c1-11(10-14(3,4)16-5)15-12(2)13-8-6-7-9-13/h11-13,15H,6-10H2,1-5H3/t11?,12-/m1/s1. The molecule has 0 spiro atoms. The summed E-state index contributed by atoms with van der Waals surface area (Å²) in [6, 6.07) is 1.19. The third kappa shape index (κ3) is 4.42. The molecular weight excluding hydrogens is 198 g/mol. The van der Waals surface area contributed by atoms with E-state index in [0.29, 0.717) is 12.1 Å². The summed E-state index contributed by atoms with van der Waals surface area (Å²) < 4.78 is 5.48. The lowest BCUT2D eigenvalue weighted by atomic mass is 9.95. The van der Waals surface area contributed by atoms with Gasteiger partial charge in [0, 0.05) is 19.2 Å². The topological polar surface area (TPSA) is 21.3 Å². The number of hydrogen-bond donors (Lipinski definition) is 1. The van der Waals surface area contributed by atoms with Crippen LogP contribution in [0.4, 0.5) is 0 Å². The molecule has 2 atom stereocenters. The SMILES string of the molecule is COC(C)(C)CC(C)N[C@H](C)C1CCCC1. The van der Waals surface area contributed by atoms with Crippen LogP contribution in [0, 0.1) is 5.92 Å². The van der Waals surface area contributed by atoms with Crippen LogP contribution in [0.15, 0.2) is 0 Å². The molecule has 0 radical (unpaired) electrons. The molecule has 1 saturated carbocycles. The third-order valence-corrected chi connectivity index (χ3v) is 4.00. The van der Waals surface area contributed by atoms with Crippen molar-refractivity contribution in [3.63, 3.8) is 0 Å². The predicted molar refractivity (Wildman–Crippen MR) is 69.7 cm³/mol. The van der Waals surface area contributed by atoms with Crippen molar-refractivity contribution in [2.24, 2.45) is 5.92 Å². The summed E-state index contributed by atoms with van der Waals surface area (Å²) in [6.07, 6.45) is 6.74. The number of ether oxygens (including phenoxy) is 1. The van der Waals surface area contributed by atoms with Crippen molar-refractivity contribution < 1.29 is 4.74 Å². The van der Waals surface area contributed by atoms with Crippen LogP contribution in [-0.4, -0.2) is 24.8 Å². The first-order chi connectivity index (χ1) is 7.44. The van der Waals surface area contributed by atoms with Crippen molar-refractivity contribution in [3.8, 4) is 0 Å². The van der Waals surface area contributed by atoms with Gasteiger partial charge in [0.15, 0.2) is 0 Å². The molecular formula is C14H29NO. The van der Waals surface area contributed by atoms with Gasteiger partial charge in [-0.3, -0.25) is 0 Å². The maximum Gasteiger partial charge on any atom is 0.0637 e. The first kappa shape index (κ1) is 14.0. The highest BCUT2D eigenvalue weighted by atomic mass is 16.5. The van der Waals surface area contributed by atoms with E-state index in [0.717, 1.165) is 12.3 Å². The zero-order valence-electron chi connectivity index (χ0n) is 11.7. The Hall–Kier alpha value is -0.0800. The number of hydrogen-bond acceptors (Lipinski definition) is 2. The van der Waals surface area contributed by atoms with E-state index in [9.17, 15) is 0 Å². The van der Waals surface area contributed by atoms with Gasteiger partial charge in [0.1, 0.15) is 0 Å². The molecule has 0 bridgehead atoms. The maximum atomic E-state index is 5.48. The summed E-state index contributed by atoms with van der Waals surface area (Å²) in [7, 11) is 1.80. The number of nitrogens with one attached hydrogen (secondary N) is 1. The Morgan fingerprint density at radius 3 is 2.31 bits per heavy atom. The molecule has 1 aliphatic rings. The molecule has 0 aliphatic heterocycles. The Bertz CT molecular complexity index is 197. The Balaban J connectivity index is 2.30. The minimum absolute atomic E-state index is 0.0121. The molecule has 0 aromatic rings. The van der Waals surface area contributed by atoms with Gasteiger partial charge in [-0.25, -0.2) is 0 Å². The van der Waals surface area contributed by atoms with E-state index >= 15 is 0 Å². The second-order valence-electron chi connectivity index (χ2n) is 6.07. The van der Waals surface area contributed by atoms with Crippen LogP contribution in [0.3, 0.4) is 0 Å². The second kappa shape index (κ2) is 6.02. The molecule has 1 N–H and O–H groups in total. The molecule has 0 aromatic carbocycles. The molecule has 0 aromatic heterocycles. The molecule has 0 heterocycles. The maximum absolute atomic E-state index is 5.48. The Morgan fingerprint density at radius 1 is 1.25 bits per heavy atom. The average Bonchev–Trinajstić information content (AvgIpc) is 2.69. The zero-order valence-corrected chi connectivity index (χ0v) is 11.7. The monoisotopic (exact) mass is 227 g/mol. The van der Waals surface area contributed by atoms with Crippen molar-refractivity contribution in [2.75, 3.05) is 7.11 Å². The zero-order chi connectivity index (χ0) is 12.2. The summed E-state index contributed by atoms with van der Waals surface area (Å²) in [5.74, 6) is 0.896. The number of methoxy groups -OCH3 is 1. The van der Waals surface area contributed by atoms with Gasteiger partial charge < -0.3 is 10.1 Å². The van der Waals surface area contributed by atoms with E-state index in [-0.39, 0.29) is 5.60 Å². The summed E-state index contributed by atoms with van der Waals surface area (Å²) in [6.45, 7) is 8.93. The van der Waals surface area contributed by atoms with Crippen LogP contribution >= 0.6 is 0 Å². The van der Waals surface area contributed by atoms with Gasteiger partial charge in [0.25, 0.3) is 0 Å². The summed E-state index contributed by atoms with van der Waals surface area (Å²) in [5, 5.41) is 3.73. The minimum Gasteiger partial charge on any atom is -0.379 e. The van der Waals surface area contributed by atoms with Crippen LogP contribution in [0.1, 0.15) is 59.8 Å². The largest absolute Gasteiger partial charge is 0.379 e. The van der Waals surface area contributed by atoms with E-state index in [4.69, 9.17) is 4.74 Å². The lowest BCUT2D eigenvalue weighted by Gasteiger charge is -2.30. The van der Waals surface area contributed by atoms with Gasteiger partial charge in [-0.1, -0.05) is 12.8 Å². The normalized spacial score (nSPS) is 22.3. The van der Waals surface area contributed by atoms with Crippen molar-refractivity contribution >= 4 is 0 Å². The Labute approximate surface area is 101 Å². The van der Waals surface area contributed by atoms with Gasteiger partial charge in [-0.05, 0) is 52.9 Å².